The highest BCUT2D eigenvalue weighted by atomic mass is 35.5. The Kier molecular flexibility index (Phi) is 6.27. The fourth-order valence-corrected chi connectivity index (χ4v) is 2.50. The van der Waals surface area contributed by atoms with E-state index in [0.717, 1.165) is 17.1 Å². The van der Waals surface area contributed by atoms with Crippen molar-refractivity contribution in [1.29, 1.82) is 0 Å². The van der Waals surface area contributed by atoms with Crippen molar-refractivity contribution < 1.29 is 14.3 Å². The van der Waals surface area contributed by atoms with Crippen molar-refractivity contribution in [3.8, 4) is 0 Å². The highest BCUT2D eigenvalue weighted by Crippen LogP contribution is 2.15. The highest BCUT2D eigenvalue weighted by molar-refractivity contribution is 6.30. The van der Waals surface area contributed by atoms with Crippen LogP contribution in [0, 0.1) is 0 Å². The van der Waals surface area contributed by atoms with Crippen molar-refractivity contribution in [1.82, 2.24) is 10.2 Å². The van der Waals surface area contributed by atoms with Crippen LogP contribution < -0.4 is 5.32 Å². The van der Waals surface area contributed by atoms with Crippen LogP contribution >= 0.6 is 11.6 Å². The third-order valence-electron chi connectivity index (χ3n) is 3.48. The molecule has 23 heavy (non-hydrogen) atoms. The van der Waals surface area contributed by atoms with E-state index in [0.29, 0.717) is 26.3 Å². The fraction of sp³-hybridized carbons (Fsp3) is 0.588. The molecule has 1 heterocycles. The quantitative estimate of drug-likeness (QED) is 0.915. The lowest BCUT2D eigenvalue weighted by atomic mass is 10.2. The first-order chi connectivity index (χ1) is 10.8. The van der Waals surface area contributed by atoms with Gasteiger partial charge in [0.15, 0.2) is 0 Å². The zero-order chi connectivity index (χ0) is 16.9. The summed E-state index contributed by atoms with van der Waals surface area (Å²) in [5, 5.41) is 4.09. The molecule has 1 N–H and O–H groups in total. The van der Waals surface area contributed by atoms with E-state index in [1.165, 1.54) is 0 Å². The molecule has 1 aliphatic rings. The Hall–Kier alpha value is -1.30. The van der Waals surface area contributed by atoms with Crippen LogP contribution in [0.5, 0.6) is 0 Å². The summed E-state index contributed by atoms with van der Waals surface area (Å²) in [6, 6.07) is 7.69. The Morgan fingerprint density at radius 2 is 2.09 bits per heavy atom. The molecule has 1 saturated heterocycles. The smallest absolute Gasteiger partial charge is 0.410 e. The van der Waals surface area contributed by atoms with E-state index < -0.39 is 5.60 Å². The number of hydrogen-bond acceptors (Lipinski definition) is 4. The summed E-state index contributed by atoms with van der Waals surface area (Å²) in [5.41, 5.74) is 0.659. The number of nitrogens with zero attached hydrogens (tertiary/aromatic N) is 1. The van der Waals surface area contributed by atoms with E-state index in [4.69, 9.17) is 21.1 Å². The molecule has 2 rings (SSSR count). The van der Waals surface area contributed by atoms with Crippen LogP contribution in [0.3, 0.4) is 0 Å². The number of rotatable bonds is 4. The predicted molar refractivity (Wildman–Crippen MR) is 90.7 cm³/mol. The minimum Gasteiger partial charge on any atom is -0.444 e. The summed E-state index contributed by atoms with van der Waals surface area (Å²) in [4.78, 5) is 14.1. The van der Waals surface area contributed by atoms with Crippen molar-refractivity contribution >= 4 is 17.7 Å². The van der Waals surface area contributed by atoms with Crippen LogP contribution in [0.15, 0.2) is 24.3 Å². The summed E-state index contributed by atoms with van der Waals surface area (Å²) in [5.74, 6) is 0. The van der Waals surface area contributed by atoms with Crippen LogP contribution in [0.4, 0.5) is 4.79 Å². The Labute approximate surface area is 142 Å². The second kappa shape index (κ2) is 7.99. The maximum Gasteiger partial charge on any atom is 0.410 e. The molecule has 0 aliphatic carbocycles. The number of morpholine rings is 1. The molecule has 1 aromatic carbocycles. The first-order valence-electron chi connectivity index (χ1n) is 7.88. The highest BCUT2D eigenvalue weighted by Gasteiger charge is 2.30. The van der Waals surface area contributed by atoms with Gasteiger partial charge in [0.25, 0.3) is 0 Å². The van der Waals surface area contributed by atoms with Crippen molar-refractivity contribution in [3.63, 3.8) is 0 Å². The Morgan fingerprint density at radius 3 is 2.74 bits per heavy atom. The Morgan fingerprint density at radius 1 is 1.39 bits per heavy atom. The summed E-state index contributed by atoms with van der Waals surface area (Å²) in [6.45, 7) is 8.62. The summed E-state index contributed by atoms with van der Waals surface area (Å²) < 4.78 is 11.0. The zero-order valence-electron chi connectivity index (χ0n) is 14.0. The Bertz CT molecular complexity index is 514. The Balaban J connectivity index is 1.86. The van der Waals surface area contributed by atoms with Gasteiger partial charge in [-0.3, -0.25) is 4.90 Å². The minimum absolute atomic E-state index is 0.0223. The first kappa shape index (κ1) is 18.0. The molecule has 1 aliphatic heterocycles. The SMILES string of the molecule is CC(C)(C)OC(=O)N1CCOCC1CNCc1ccc(Cl)cc1. The van der Waals surface area contributed by atoms with Crippen LogP contribution in [-0.4, -0.2) is 48.9 Å². The van der Waals surface area contributed by atoms with Crippen molar-refractivity contribution in [2.75, 3.05) is 26.3 Å². The van der Waals surface area contributed by atoms with E-state index in [-0.39, 0.29) is 12.1 Å². The van der Waals surface area contributed by atoms with Gasteiger partial charge in [0, 0.05) is 24.7 Å². The van der Waals surface area contributed by atoms with Crippen LogP contribution in [0.1, 0.15) is 26.3 Å². The topological polar surface area (TPSA) is 50.8 Å². The third-order valence-corrected chi connectivity index (χ3v) is 3.73. The maximum atomic E-state index is 12.3. The molecule has 0 spiro atoms. The standard InChI is InChI=1S/C17H25ClN2O3/c1-17(2,3)23-16(21)20-8-9-22-12-15(20)11-19-10-13-4-6-14(18)7-5-13/h4-7,15,19H,8-12H2,1-3H3. The number of ether oxygens (including phenoxy) is 2. The molecule has 1 amide bonds. The van der Waals surface area contributed by atoms with E-state index >= 15 is 0 Å². The zero-order valence-corrected chi connectivity index (χ0v) is 14.7. The molecule has 1 unspecified atom stereocenters. The summed E-state index contributed by atoms with van der Waals surface area (Å²) >= 11 is 5.88. The summed E-state index contributed by atoms with van der Waals surface area (Å²) in [6.07, 6.45) is -0.279. The van der Waals surface area contributed by atoms with Crippen LogP contribution in [-0.2, 0) is 16.0 Å². The average molecular weight is 341 g/mol. The van der Waals surface area contributed by atoms with E-state index in [9.17, 15) is 4.79 Å². The maximum absolute atomic E-state index is 12.3. The molecule has 0 aromatic heterocycles. The molecule has 128 valence electrons. The molecular formula is C17H25ClN2O3. The molecule has 0 saturated carbocycles. The van der Waals surface area contributed by atoms with Gasteiger partial charge in [0.2, 0.25) is 0 Å². The van der Waals surface area contributed by atoms with Crippen LogP contribution in [0.25, 0.3) is 0 Å². The fourth-order valence-electron chi connectivity index (χ4n) is 2.37. The minimum atomic E-state index is -0.489. The number of carbonyl (C=O) groups excluding carboxylic acids is 1. The molecule has 6 heteroatoms. The first-order valence-corrected chi connectivity index (χ1v) is 8.25. The van der Waals surface area contributed by atoms with Crippen molar-refractivity contribution in [2.45, 2.75) is 39.0 Å². The van der Waals surface area contributed by atoms with Gasteiger partial charge in [-0.2, -0.15) is 0 Å². The lowest BCUT2D eigenvalue weighted by Gasteiger charge is -2.36. The molecule has 0 radical (unpaired) electrons. The van der Waals surface area contributed by atoms with Gasteiger partial charge in [-0.15, -0.1) is 0 Å². The molecule has 1 aromatic rings. The van der Waals surface area contributed by atoms with Gasteiger partial charge in [0.1, 0.15) is 5.60 Å². The van der Waals surface area contributed by atoms with Gasteiger partial charge in [-0.05, 0) is 38.5 Å². The third kappa shape index (κ3) is 6.01. The average Bonchev–Trinajstić information content (AvgIpc) is 2.48. The van der Waals surface area contributed by atoms with Gasteiger partial charge < -0.3 is 14.8 Å². The molecule has 5 nitrogen and oxygen atoms in total. The molecular weight excluding hydrogens is 316 g/mol. The van der Waals surface area contributed by atoms with E-state index in [1.54, 1.807) is 4.90 Å². The number of carbonyl (C=O) groups is 1. The molecule has 1 atom stereocenters. The molecule has 1 fully saturated rings. The lowest BCUT2D eigenvalue weighted by Crippen LogP contribution is -2.54. The van der Waals surface area contributed by atoms with Gasteiger partial charge in [0.05, 0.1) is 19.3 Å². The normalized spacial score (nSPS) is 18.8. The number of nitrogens with one attached hydrogen (secondary N) is 1. The van der Waals surface area contributed by atoms with Crippen molar-refractivity contribution in [3.05, 3.63) is 34.9 Å². The van der Waals surface area contributed by atoms with Gasteiger partial charge in [-0.25, -0.2) is 4.79 Å². The number of halogens is 1. The van der Waals surface area contributed by atoms with E-state index in [1.807, 2.05) is 45.0 Å². The largest absolute Gasteiger partial charge is 0.444 e. The van der Waals surface area contributed by atoms with Crippen molar-refractivity contribution in [2.24, 2.45) is 0 Å². The second-order valence-corrected chi connectivity index (χ2v) is 7.10. The van der Waals surface area contributed by atoms with Gasteiger partial charge >= 0.3 is 6.09 Å². The summed E-state index contributed by atoms with van der Waals surface area (Å²) in [7, 11) is 0. The monoisotopic (exact) mass is 340 g/mol. The number of amides is 1. The second-order valence-electron chi connectivity index (χ2n) is 6.66. The predicted octanol–water partition coefficient (Wildman–Crippen LogP) is 3.07. The number of benzene rings is 1. The van der Waals surface area contributed by atoms with Crippen LogP contribution in [0.2, 0.25) is 5.02 Å². The number of hydrogen-bond donors (Lipinski definition) is 1. The lowest BCUT2D eigenvalue weighted by molar-refractivity contribution is -0.0317. The van der Waals surface area contributed by atoms with E-state index in [2.05, 4.69) is 5.32 Å². The van der Waals surface area contributed by atoms with Gasteiger partial charge in [-0.1, -0.05) is 23.7 Å². The molecule has 0 bridgehead atoms.